The number of sulfone groups is 1. The Hall–Kier alpha value is -0.130. The number of hydrogen-bond acceptors (Lipinski definition) is 4. The van der Waals surface area contributed by atoms with Crippen LogP contribution >= 0.6 is 0 Å². The van der Waals surface area contributed by atoms with Crippen LogP contribution in [0.1, 0.15) is 51.9 Å². The Balaban J connectivity index is 2.42. The van der Waals surface area contributed by atoms with Gasteiger partial charge in [-0.05, 0) is 51.5 Å². The molecule has 19 heavy (non-hydrogen) atoms. The molecule has 0 spiro atoms. The van der Waals surface area contributed by atoms with Crippen molar-refractivity contribution in [2.24, 2.45) is 0 Å². The third-order valence-corrected chi connectivity index (χ3v) is 5.10. The average Bonchev–Trinajstić information content (AvgIpc) is 2.28. The van der Waals surface area contributed by atoms with E-state index >= 15 is 0 Å². The van der Waals surface area contributed by atoms with Gasteiger partial charge >= 0.3 is 0 Å². The molecule has 0 saturated heterocycles. The molecule has 0 radical (unpaired) electrons. The average molecular weight is 291 g/mol. The van der Waals surface area contributed by atoms with E-state index < -0.39 is 9.84 Å². The second-order valence-electron chi connectivity index (χ2n) is 5.87. The van der Waals surface area contributed by atoms with Crippen molar-refractivity contribution in [2.75, 3.05) is 25.7 Å². The molecule has 1 unspecified atom stereocenters. The van der Waals surface area contributed by atoms with Crippen LogP contribution in [0.3, 0.4) is 0 Å². The summed E-state index contributed by atoms with van der Waals surface area (Å²) in [5, 5.41) is 3.54. The number of rotatable bonds is 10. The predicted octanol–water partition coefficient (Wildman–Crippen LogP) is 2.14. The van der Waals surface area contributed by atoms with Crippen LogP contribution in [-0.2, 0) is 14.6 Å². The Labute approximate surface area is 118 Å². The molecule has 0 aliphatic heterocycles. The highest BCUT2D eigenvalue weighted by Crippen LogP contribution is 2.39. The Morgan fingerprint density at radius 3 is 2.47 bits per heavy atom. The van der Waals surface area contributed by atoms with E-state index in [1.54, 1.807) is 7.11 Å². The molecule has 5 heteroatoms. The summed E-state index contributed by atoms with van der Waals surface area (Å²) in [5.41, 5.74) is 0.0521. The first-order valence-electron chi connectivity index (χ1n) is 7.37. The van der Waals surface area contributed by atoms with Crippen molar-refractivity contribution in [1.29, 1.82) is 0 Å². The first-order chi connectivity index (χ1) is 8.91. The normalized spacial score (nSPS) is 19.9. The maximum Gasteiger partial charge on any atom is 0.147 e. The van der Waals surface area contributed by atoms with Crippen LogP contribution in [0.15, 0.2) is 0 Å². The lowest BCUT2D eigenvalue weighted by atomic mass is 9.75. The van der Waals surface area contributed by atoms with Crippen LogP contribution in [0, 0.1) is 0 Å². The highest BCUT2D eigenvalue weighted by Gasteiger charge is 2.38. The summed E-state index contributed by atoms with van der Waals surface area (Å²) in [5.74, 6) is 0.289. The van der Waals surface area contributed by atoms with Crippen LogP contribution in [-0.4, -0.2) is 45.7 Å². The molecule has 1 N–H and O–H groups in total. The lowest BCUT2D eigenvalue weighted by Gasteiger charge is -2.43. The topological polar surface area (TPSA) is 55.4 Å². The summed E-state index contributed by atoms with van der Waals surface area (Å²) < 4.78 is 28.1. The van der Waals surface area contributed by atoms with Crippen LogP contribution in [0.25, 0.3) is 0 Å². The van der Waals surface area contributed by atoms with Gasteiger partial charge in [0.25, 0.3) is 0 Å². The first-order valence-corrected chi connectivity index (χ1v) is 9.43. The minimum absolute atomic E-state index is 0.0521. The van der Waals surface area contributed by atoms with E-state index in [0.29, 0.717) is 6.04 Å². The van der Waals surface area contributed by atoms with Gasteiger partial charge in [0.1, 0.15) is 9.84 Å². The molecule has 1 atom stereocenters. The van der Waals surface area contributed by atoms with Gasteiger partial charge in [0.15, 0.2) is 0 Å². The summed E-state index contributed by atoms with van der Waals surface area (Å²) in [6.07, 6.45) is 8.59. The molecule has 114 valence electrons. The minimum Gasteiger partial charge on any atom is -0.378 e. The van der Waals surface area contributed by atoms with E-state index in [2.05, 4.69) is 12.2 Å². The lowest BCUT2D eigenvalue weighted by Crippen LogP contribution is -2.46. The second kappa shape index (κ2) is 7.60. The molecule has 1 aliphatic rings. The van der Waals surface area contributed by atoms with Gasteiger partial charge in [-0.2, -0.15) is 0 Å². The molecule has 0 aromatic rings. The number of nitrogens with one attached hydrogen (secondary N) is 1. The molecule has 1 fully saturated rings. The quantitative estimate of drug-likeness (QED) is 0.670. The van der Waals surface area contributed by atoms with Crippen molar-refractivity contribution in [1.82, 2.24) is 5.32 Å². The molecular formula is C14H29NO3S. The van der Waals surface area contributed by atoms with E-state index in [0.717, 1.165) is 45.1 Å². The van der Waals surface area contributed by atoms with Gasteiger partial charge in [-0.1, -0.05) is 6.92 Å². The van der Waals surface area contributed by atoms with Gasteiger partial charge < -0.3 is 10.1 Å². The van der Waals surface area contributed by atoms with E-state index in [9.17, 15) is 8.42 Å². The van der Waals surface area contributed by atoms with Crippen molar-refractivity contribution >= 4 is 9.84 Å². The Bertz CT molecular complexity index is 344. The van der Waals surface area contributed by atoms with Crippen molar-refractivity contribution in [3.63, 3.8) is 0 Å². The van der Waals surface area contributed by atoms with Crippen LogP contribution < -0.4 is 5.32 Å². The fourth-order valence-corrected chi connectivity index (χ4v) is 3.42. The molecule has 1 rings (SSSR count). The fraction of sp³-hybridized carbons (Fsp3) is 1.00. The Morgan fingerprint density at radius 2 is 2.05 bits per heavy atom. The molecule has 0 aromatic carbocycles. The molecule has 4 nitrogen and oxygen atoms in total. The summed E-state index contributed by atoms with van der Waals surface area (Å²) >= 11 is 0. The summed E-state index contributed by atoms with van der Waals surface area (Å²) in [6.45, 7) is 3.14. The molecule has 0 amide bonds. The monoisotopic (exact) mass is 291 g/mol. The SMILES string of the molecule is CCCNC(CCCS(C)(=O)=O)CC1(OC)CCC1. The Kier molecular flexibility index (Phi) is 6.77. The zero-order valence-electron chi connectivity index (χ0n) is 12.6. The van der Waals surface area contributed by atoms with Crippen LogP contribution in [0.5, 0.6) is 0 Å². The highest BCUT2D eigenvalue weighted by molar-refractivity contribution is 7.90. The largest absolute Gasteiger partial charge is 0.378 e. The van der Waals surface area contributed by atoms with Crippen molar-refractivity contribution in [2.45, 2.75) is 63.5 Å². The summed E-state index contributed by atoms with van der Waals surface area (Å²) in [7, 11) is -1.04. The van der Waals surface area contributed by atoms with Gasteiger partial charge in [-0.25, -0.2) is 8.42 Å². The van der Waals surface area contributed by atoms with Crippen LogP contribution in [0.4, 0.5) is 0 Å². The van der Waals surface area contributed by atoms with E-state index in [1.807, 2.05) is 0 Å². The maximum absolute atomic E-state index is 11.2. The molecule has 1 aliphatic carbocycles. The number of ether oxygens (including phenoxy) is 1. The third-order valence-electron chi connectivity index (χ3n) is 4.07. The molecule has 0 aromatic heterocycles. The predicted molar refractivity (Wildman–Crippen MR) is 79.2 cm³/mol. The zero-order chi connectivity index (χ0) is 14.4. The number of hydrogen-bond donors (Lipinski definition) is 1. The van der Waals surface area contributed by atoms with Gasteiger partial charge in [0, 0.05) is 25.2 Å². The maximum atomic E-state index is 11.2. The van der Waals surface area contributed by atoms with Gasteiger partial charge in [0.05, 0.1) is 5.60 Å². The first kappa shape index (κ1) is 16.9. The lowest BCUT2D eigenvalue weighted by molar-refractivity contribution is -0.0838. The van der Waals surface area contributed by atoms with Gasteiger partial charge in [-0.15, -0.1) is 0 Å². The molecular weight excluding hydrogens is 262 g/mol. The fourth-order valence-electron chi connectivity index (χ4n) is 2.73. The third kappa shape index (κ3) is 6.23. The summed E-state index contributed by atoms with van der Waals surface area (Å²) in [6, 6.07) is 0.377. The smallest absolute Gasteiger partial charge is 0.147 e. The second-order valence-corrected chi connectivity index (χ2v) is 8.13. The van der Waals surface area contributed by atoms with Crippen molar-refractivity contribution in [3.05, 3.63) is 0 Å². The van der Waals surface area contributed by atoms with Gasteiger partial charge in [0.2, 0.25) is 0 Å². The minimum atomic E-state index is -2.84. The van der Waals surface area contributed by atoms with Gasteiger partial charge in [-0.3, -0.25) is 0 Å². The number of methoxy groups -OCH3 is 1. The van der Waals surface area contributed by atoms with Crippen molar-refractivity contribution < 1.29 is 13.2 Å². The van der Waals surface area contributed by atoms with E-state index in [-0.39, 0.29) is 11.4 Å². The highest BCUT2D eigenvalue weighted by atomic mass is 32.2. The molecule has 0 bridgehead atoms. The van der Waals surface area contributed by atoms with E-state index in [4.69, 9.17) is 4.74 Å². The van der Waals surface area contributed by atoms with Crippen LogP contribution in [0.2, 0.25) is 0 Å². The zero-order valence-corrected chi connectivity index (χ0v) is 13.4. The standard InChI is InChI=1S/C14H29NO3S/c1-4-10-15-13(7-5-11-19(3,16)17)12-14(18-2)8-6-9-14/h13,15H,4-12H2,1-3H3. The molecule has 0 heterocycles. The van der Waals surface area contributed by atoms with Crippen molar-refractivity contribution in [3.8, 4) is 0 Å². The Morgan fingerprint density at radius 1 is 1.37 bits per heavy atom. The molecule has 1 saturated carbocycles. The summed E-state index contributed by atoms with van der Waals surface area (Å²) in [4.78, 5) is 0. The van der Waals surface area contributed by atoms with E-state index in [1.165, 1.54) is 12.7 Å².